The SMILES string of the molecule is CCc1cc(Cl)nc(CSC(C)(C)C)n1. The zero-order valence-electron chi connectivity index (χ0n) is 9.67. The van der Waals surface area contributed by atoms with Crippen LogP contribution in [0.3, 0.4) is 0 Å². The Kier molecular flexibility index (Phi) is 4.41. The van der Waals surface area contributed by atoms with E-state index in [4.69, 9.17) is 11.6 Å². The third-order valence-corrected chi connectivity index (χ3v) is 3.25. The van der Waals surface area contributed by atoms with Crippen LogP contribution in [0.2, 0.25) is 5.15 Å². The lowest BCUT2D eigenvalue weighted by Gasteiger charge is -2.16. The van der Waals surface area contributed by atoms with Crippen LogP contribution >= 0.6 is 23.4 Å². The third-order valence-electron chi connectivity index (χ3n) is 1.79. The van der Waals surface area contributed by atoms with E-state index in [-0.39, 0.29) is 4.75 Å². The second kappa shape index (κ2) is 5.17. The maximum absolute atomic E-state index is 5.92. The highest BCUT2D eigenvalue weighted by atomic mass is 35.5. The van der Waals surface area contributed by atoms with Gasteiger partial charge in [-0.05, 0) is 12.5 Å². The van der Waals surface area contributed by atoms with Crippen molar-refractivity contribution in [3.05, 3.63) is 22.7 Å². The molecule has 0 fully saturated rings. The molecule has 2 nitrogen and oxygen atoms in total. The highest BCUT2D eigenvalue weighted by Gasteiger charge is 2.12. The first kappa shape index (κ1) is 12.8. The number of hydrogen-bond acceptors (Lipinski definition) is 3. The van der Waals surface area contributed by atoms with Crippen LogP contribution in [-0.4, -0.2) is 14.7 Å². The van der Waals surface area contributed by atoms with Crippen molar-refractivity contribution in [1.29, 1.82) is 0 Å². The molecule has 0 aliphatic carbocycles. The molecular weight excluding hydrogens is 228 g/mol. The Morgan fingerprint density at radius 1 is 1.33 bits per heavy atom. The first-order valence-corrected chi connectivity index (χ1v) is 6.43. The number of hydrogen-bond donors (Lipinski definition) is 0. The zero-order chi connectivity index (χ0) is 11.5. The van der Waals surface area contributed by atoms with E-state index in [0.29, 0.717) is 5.15 Å². The van der Waals surface area contributed by atoms with E-state index in [1.54, 1.807) is 0 Å². The fourth-order valence-electron chi connectivity index (χ4n) is 1.04. The highest BCUT2D eigenvalue weighted by molar-refractivity contribution is 7.99. The fraction of sp³-hybridized carbons (Fsp3) is 0.636. The van der Waals surface area contributed by atoms with Gasteiger partial charge in [-0.25, -0.2) is 9.97 Å². The number of nitrogens with zero attached hydrogens (tertiary/aromatic N) is 2. The average molecular weight is 245 g/mol. The fourth-order valence-corrected chi connectivity index (χ4v) is 1.96. The second-order valence-electron chi connectivity index (χ2n) is 4.35. The van der Waals surface area contributed by atoms with Gasteiger partial charge in [0.2, 0.25) is 0 Å². The second-order valence-corrected chi connectivity index (χ2v) is 6.54. The largest absolute Gasteiger partial charge is 0.237 e. The molecule has 15 heavy (non-hydrogen) atoms. The minimum absolute atomic E-state index is 0.234. The van der Waals surface area contributed by atoms with E-state index in [2.05, 4.69) is 37.7 Å². The molecule has 0 N–H and O–H groups in total. The molecular formula is C11H17ClN2S. The van der Waals surface area contributed by atoms with Crippen molar-refractivity contribution in [3.8, 4) is 0 Å². The van der Waals surface area contributed by atoms with Crippen molar-refractivity contribution in [1.82, 2.24) is 9.97 Å². The van der Waals surface area contributed by atoms with Gasteiger partial charge >= 0.3 is 0 Å². The topological polar surface area (TPSA) is 25.8 Å². The van der Waals surface area contributed by atoms with Crippen molar-refractivity contribution in [2.24, 2.45) is 0 Å². The molecule has 1 aromatic heterocycles. The molecule has 0 aliphatic heterocycles. The Labute approximate surface area is 101 Å². The molecule has 0 radical (unpaired) electrons. The van der Waals surface area contributed by atoms with E-state index in [9.17, 15) is 0 Å². The van der Waals surface area contributed by atoms with Crippen LogP contribution in [0.15, 0.2) is 6.07 Å². The number of halogens is 1. The van der Waals surface area contributed by atoms with E-state index >= 15 is 0 Å². The molecule has 1 rings (SSSR count). The molecule has 0 unspecified atom stereocenters. The molecule has 0 aromatic carbocycles. The van der Waals surface area contributed by atoms with Crippen molar-refractivity contribution in [2.75, 3.05) is 0 Å². The van der Waals surface area contributed by atoms with Crippen molar-refractivity contribution >= 4 is 23.4 Å². The summed E-state index contributed by atoms with van der Waals surface area (Å²) in [7, 11) is 0. The van der Waals surface area contributed by atoms with Crippen LogP contribution in [0.1, 0.15) is 39.2 Å². The van der Waals surface area contributed by atoms with Gasteiger partial charge in [-0.2, -0.15) is 0 Å². The number of aryl methyl sites for hydroxylation is 1. The predicted molar refractivity (Wildman–Crippen MR) is 67.5 cm³/mol. The van der Waals surface area contributed by atoms with Crippen LogP contribution in [0.4, 0.5) is 0 Å². The maximum Gasteiger partial charge on any atom is 0.140 e. The highest BCUT2D eigenvalue weighted by Crippen LogP contribution is 2.26. The normalized spacial score (nSPS) is 11.8. The Balaban J connectivity index is 2.73. The van der Waals surface area contributed by atoms with Gasteiger partial charge in [-0.15, -0.1) is 11.8 Å². The van der Waals surface area contributed by atoms with Crippen molar-refractivity contribution < 1.29 is 0 Å². The molecule has 0 amide bonds. The minimum Gasteiger partial charge on any atom is -0.237 e. The molecule has 1 aromatic rings. The Bertz CT molecular complexity index is 334. The summed E-state index contributed by atoms with van der Waals surface area (Å²) in [5.41, 5.74) is 1.01. The summed E-state index contributed by atoms with van der Waals surface area (Å²) in [5.74, 6) is 1.65. The van der Waals surface area contributed by atoms with Crippen LogP contribution < -0.4 is 0 Å². The number of rotatable bonds is 3. The summed E-state index contributed by atoms with van der Waals surface area (Å²) in [6.07, 6.45) is 0.898. The molecule has 84 valence electrons. The van der Waals surface area contributed by atoms with Gasteiger partial charge in [0.15, 0.2) is 0 Å². The summed E-state index contributed by atoms with van der Waals surface area (Å²) >= 11 is 7.75. The summed E-state index contributed by atoms with van der Waals surface area (Å²) in [6.45, 7) is 8.62. The summed E-state index contributed by atoms with van der Waals surface area (Å²) in [4.78, 5) is 8.66. The van der Waals surface area contributed by atoms with Crippen LogP contribution in [0, 0.1) is 0 Å². The lowest BCUT2D eigenvalue weighted by atomic mass is 10.3. The van der Waals surface area contributed by atoms with Crippen molar-refractivity contribution in [3.63, 3.8) is 0 Å². The monoisotopic (exact) mass is 244 g/mol. The van der Waals surface area contributed by atoms with Crippen LogP contribution in [0.25, 0.3) is 0 Å². The van der Waals surface area contributed by atoms with Crippen LogP contribution in [0.5, 0.6) is 0 Å². The number of thioether (sulfide) groups is 1. The summed E-state index contributed by atoms with van der Waals surface area (Å²) in [6, 6.07) is 1.83. The van der Waals surface area contributed by atoms with Gasteiger partial charge in [-0.1, -0.05) is 39.3 Å². The van der Waals surface area contributed by atoms with Gasteiger partial charge in [0, 0.05) is 10.4 Å². The quantitative estimate of drug-likeness (QED) is 0.758. The standard InChI is InChI=1S/C11H17ClN2S/c1-5-8-6-9(12)14-10(13-8)7-15-11(2,3)4/h6H,5,7H2,1-4H3. The average Bonchev–Trinajstić information content (AvgIpc) is 2.13. The molecule has 0 bridgehead atoms. The van der Waals surface area contributed by atoms with E-state index in [0.717, 1.165) is 23.7 Å². The van der Waals surface area contributed by atoms with E-state index < -0.39 is 0 Å². The Hall–Kier alpha value is -0.280. The van der Waals surface area contributed by atoms with Gasteiger partial charge in [-0.3, -0.25) is 0 Å². The summed E-state index contributed by atoms with van der Waals surface area (Å²) < 4.78 is 0.234. The van der Waals surface area contributed by atoms with Crippen LogP contribution in [-0.2, 0) is 12.2 Å². The smallest absolute Gasteiger partial charge is 0.140 e. The first-order valence-electron chi connectivity index (χ1n) is 5.07. The minimum atomic E-state index is 0.234. The number of aromatic nitrogens is 2. The molecule has 4 heteroatoms. The Morgan fingerprint density at radius 2 is 2.00 bits per heavy atom. The maximum atomic E-state index is 5.92. The molecule has 0 atom stereocenters. The van der Waals surface area contributed by atoms with Gasteiger partial charge in [0.05, 0.1) is 5.75 Å². The third kappa shape index (κ3) is 4.85. The van der Waals surface area contributed by atoms with E-state index in [1.165, 1.54) is 0 Å². The molecule has 0 saturated carbocycles. The first-order chi connectivity index (χ1) is 6.90. The van der Waals surface area contributed by atoms with Gasteiger partial charge in [0.1, 0.15) is 11.0 Å². The van der Waals surface area contributed by atoms with Gasteiger partial charge in [0.25, 0.3) is 0 Å². The zero-order valence-corrected chi connectivity index (χ0v) is 11.2. The molecule has 1 heterocycles. The van der Waals surface area contributed by atoms with Crippen molar-refractivity contribution in [2.45, 2.75) is 44.6 Å². The van der Waals surface area contributed by atoms with Gasteiger partial charge < -0.3 is 0 Å². The molecule has 0 saturated heterocycles. The van der Waals surface area contributed by atoms with E-state index in [1.807, 2.05) is 17.8 Å². The molecule has 0 aliphatic rings. The lowest BCUT2D eigenvalue weighted by molar-refractivity contribution is 0.799. The predicted octanol–water partition coefficient (Wildman–Crippen LogP) is 3.72. The molecule has 0 spiro atoms. The Morgan fingerprint density at radius 3 is 2.53 bits per heavy atom. The lowest BCUT2D eigenvalue weighted by Crippen LogP contribution is -2.09. The summed E-state index contributed by atoms with van der Waals surface area (Å²) in [5, 5.41) is 0.548.